The highest BCUT2D eigenvalue weighted by Crippen LogP contribution is 2.33. The maximum atomic E-state index is 12.6. The van der Waals surface area contributed by atoms with E-state index < -0.39 is 27.7 Å². The molecule has 1 aliphatic carbocycles. The summed E-state index contributed by atoms with van der Waals surface area (Å²) in [4.78, 5) is 11.4. The van der Waals surface area contributed by atoms with E-state index in [9.17, 15) is 31.5 Å². The van der Waals surface area contributed by atoms with Gasteiger partial charge in [0, 0.05) is 6.54 Å². The molecular formula is C14H16ClF3N2O4S. The minimum Gasteiger partial charge on any atom is -0.373 e. The van der Waals surface area contributed by atoms with Crippen molar-refractivity contribution in [1.82, 2.24) is 4.72 Å². The second kappa shape index (κ2) is 6.75. The smallest absolute Gasteiger partial charge is 0.373 e. The van der Waals surface area contributed by atoms with E-state index in [2.05, 4.69) is 4.72 Å². The molecule has 1 atom stereocenters. The number of halogens is 4. The van der Waals surface area contributed by atoms with Crippen LogP contribution in [0.1, 0.15) is 19.8 Å². The molecule has 1 fully saturated rings. The first-order chi connectivity index (χ1) is 11.3. The summed E-state index contributed by atoms with van der Waals surface area (Å²) in [5, 5.41) is 10.9. The molecule has 6 nitrogen and oxygen atoms in total. The lowest BCUT2D eigenvalue weighted by Gasteiger charge is -2.25. The van der Waals surface area contributed by atoms with Crippen LogP contribution in [0.2, 0.25) is 5.02 Å². The minimum absolute atomic E-state index is 0.182. The highest BCUT2D eigenvalue weighted by molar-refractivity contribution is 7.89. The first-order valence-electron chi connectivity index (χ1n) is 7.24. The monoisotopic (exact) mass is 400 g/mol. The Morgan fingerprint density at radius 2 is 1.96 bits per heavy atom. The van der Waals surface area contributed by atoms with Crippen LogP contribution in [-0.4, -0.2) is 37.8 Å². The lowest BCUT2D eigenvalue weighted by Crippen LogP contribution is -2.52. The Hall–Kier alpha value is -1.36. The topological polar surface area (TPSA) is 95.5 Å². The van der Waals surface area contributed by atoms with Crippen molar-refractivity contribution in [3.8, 4) is 0 Å². The number of carbonyl (C=O) groups excluding carboxylic acids is 1. The van der Waals surface area contributed by atoms with Gasteiger partial charge in [-0.15, -0.1) is 0 Å². The van der Waals surface area contributed by atoms with Crippen molar-refractivity contribution in [2.45, 2.75) is 36.4 Å². The molecular weight excluding hydrogens is 385 g/mol. The Labute approximate surface area is 147 Å². The second-order valence-corrected chi connectivity index (χ2v) is 8.14. The van der Waals surface area contributed by atoms with Gasteiger partial charge < -0.3 is 10.4 Å². The zero-order valence-electron chi connectivity index (χ0n) is 13.0. The Kier molecular flexibility index (Phi) is 5.39. The van der Waals surface area contributed by atoms with Gasteiger partial charge in [0.1, 0.15) is 0 Å². The molecule has 140 valence electrons. The van der Waals surface area contributed by atoms with Gasteiger partial charge in [0.25, 0.3) is 5.91 Å². The normalized spacial score (nSPS) is 17.8. The van der Waals surface area contributed by atoms with Crippen LogP contribution in [0.4, 0.5) is 18.9 Å². The van der Waals surface area contributed by atoms with Crippen LogP contribution in [0.15, 0.2) is 23.1 Å². The maximum absolute atomic E-state index is 12.6. The number of alkyl halides is 3. The second-order valence-electron chi connectivity index (χ2n) is 5.96. The number of benzene rings is 1. The molecule has 0 heterocycles. The summed E-state index contributed by atoms with van der Waals surface area (Å²) in [5.74, 6) is -1.42. The van der Waals surface area contributed by atoms with E-state index in [1.165, 1.54) is 0 Å². The van der Waals surface area contributed by atoms with Crippen LogP contribution in [0.3, 0.4) is 0 Å². The fourth-order valence-electron chi connectivity index (χ4n) is 1.77. The van der Waals surface area contributed by atoms with E-state index in [-0.39, 0.29) is 15.6 Å². The molecule has 1 amide bonds. The van der Waals surface area contributed by atoms with Crippen molar-refractivity contribution >= 4 is 33.2 Å². The molecule has 0 radical (unpaired) electrons. The van der Waals surface area contributed by atoms with E-state index >= 15 is 0 Å². The summed E-state index contributed by atoms with van der Waals surface area (Å²) in [7, 11) is -3.81. The van der Waals surface area contributed by atoms with Crippen molar-refractivity contribution in [2.24, 2.45) is 5.92 Å². The molecule has 0 spiro atoms. The predicted octanol–water partition coefficient (Wildman–Crippen LogP) is 2.28. The number of anilines is 1. The number of carbonyl (C=O) groups is 1. The van der Waals surface area contributed by atoms with Crippen LogP contribution in [-0.2, 0) is 14.8 Å². The molecule has 11 heteroatoms. The third kappa shape index (κ3) is 4.63. The number of amides is 1. The van der Waals surface area contributed by atoms with Crippen molar-refractivity contribution < 1.29 is 31.5 Å². The lowest BCUT2D eigenvalue weighted by atomic mass is 10.1. The van der Waals surface area contributed by atoms with Crippen LogP contribution >= 0.6 is 11.6 Å². The number of sulfonamides is 1. The van der Waals surface area contributed by atoms with Crippen LogP contribution in [0, 0.1) is 5.92 Å². The van der Waals surface area contributed by atoms with Gasteiger partial charge in [0.2, 0.25) is 15.6 Å². The van der Waals surface area contributed by atoms with Gasteiger partial charge in [0.15, 0.2) is 0 Å². The van der Waals surface area contributed by atoms with Gasteiger partial charge in [-0.05, 0) is 43.9 Å². The molecule has 3 N–H and O–H groups in total. The van der Waals surface area contributed by atoms with Gasteiger partial charge in [-0.3, -0.25) is 4.79 Å². The molecule has 1 aromatic carbocycles. The summed E-state index contributed by atoms with van der Waals surface area (Å²) in [5.41, 5.74) is -3.87. The SMILES string of the molecule is C[C@@](O)(C(=O)Nc1ccc(S(=O)(=O)NCC2CC2)cc1Cl)C(F)(F)F. The quantitative estimate of drug-likeness (QED) is 0.682. The van der Waals surface area contributed by atoms with Gasteiger partial charge in [-0.2, -0.15) is 13.2 Å². The first kappa shape index (κ1) is 20.0. The molecule has 0 aliphatic heterocycles. The molecule has 2 rings (SSSR count). The number of hydrogen-bond donors (Lipinski definition) is 3. The van der Waals surface area contributed by atoms with Crippen molar-refractivity contribution in [1.29, 1.82) is 0 Å². The third-order valence-electron chi connectivity index (χ3n) is 3.75. The Balaban J connectivity index is 2.15. The molecule has 0 bridgehead atoms. The lowest BCUT2D eigenvalue weighted by molar-refractivity contribution is -0.242. The van der Waals surface area contributed by atoms with Crippen molar-refractivity contribution in [3.63, 3.8) is 0 Å². The molecule has 0 saturated heterocycles. The molecule has 0 unspecified atom stereocenters. The summed E-state index contributed by atoms with van der Waals surface area (Å²) in [6.07, 6.45) is -3.28. The number of hydrogen-bond acceptors (Lipinski definition) is 4. The average molecular weight is 401 g/mol. The number of aliphatic hydroxyl groups is 1. The van der Waals surface area contributed by atoms with Crippen molar-refractivity contribution in [2.75, 3.05) is 11.9 Å². The van der Waals surface area contributed by atoms with Gasteiger partial charge in [0.05, 0.1) is 15.6 Å². The Morgan fingerprint density at radius 3 is 2.44 bits per heavy atom. The number of rotatable bonds is 6. The number of nitrogens with one attached hydrogen (secondary N) is 2. The molecule has 25 heavy (non-hydrogen) atoms. The van der Waals surface area contributed by atoms with Crippen LogP contribution in [0.25, 0.3) is 0 Å². The maximum Gasteiger partial charge on any atom is 0.426 e. The zero-order valence-corrected chi connectivity index (χ0v) is 14.6. The van der Waals surface area contributed by atoms with Gasteiger partial charge >= 0.3 is 6.18 Å². The fraction of sp³-hybridized carbons (Fsp3) is 0.500. The summed E-state index contributed by atoms with van der Waals surface area (Å²) in [6.45, 7) is 0.601. The predicted molar refractivity (Wildman–Crippen MR) is 84.7 cm³/mol. The zero-order chi connectivity index (χ0) is 19.0. The van der Waals surface area contributed by atoms with E-state index in [4.69, 9.17) is 11.6 Å². The Morgan fingerprint density at radius 1 is 1.36 bits per heavy atom. The average Bonchev–Trinajstić information content (AvgIpc) is 3.30. The van der Waals surface area contributed by atoms with E-state index in [1.807, 2.05) is 5.32 Å². The molecule has 0 aromatic heterocycles. The molecule has 1 aromatic rings. The Bertz CT molecular complexity index is 777. The fourth-order valence-corrected chi connectivity index (χ4v) is 3.20. The first-order valence-corrected chi connectivity index (χ1v) is 9.10. The van der Waals surface area contributed by atoms with Gasteiger partial charge in [-0.1, -0.05) is 11.6 Å². The van der Waals surface area contributed by atoms with Crippen LogP contribution in [0.5, 0.6) is 0 Å². The van der Waals surface area contributed by atoms with Crippen LogP contribution < -0.4 is 10.0 Å². The van der Waals surface area contributed by atoms with Gasteiger partial charge in [-0.25, -0.2) is 13.1 Å². The van der Waals surface area contributed by atoms with E-state index in [0.717, 1.165) is 31.0 Å². The largest absolute Gasteiger partial charge is 0.426 e. The highest BCUT2D eigenvalue weighted by atomic mass is 35.5. The molecule has 1 saturated carbocycles. The standard InChI is InChI=1S/C14H16ClF3N2O4S/c1-13(22,14(16,17)18)12(21)20-11-5-4-9(6-10(11)15)25(23,24)19-7-8-2-3-8/h4-6,8,19,22H,2-3,7H2,1H3,(H,20,21)/t13-/m1/s1. The van der Waals surface area contributed by atoms with Crippen molar-refractivity contribution in [3.05, 3.63) is 23.2 Å². The van der Waals surface area contributed by atoms with E-state index in [1.54, 1.807) is 0 Å². The summed E-state index contributed by atoms with van der Waals surface area (Å²) in [6, 6.07) is 3.16. The minimum atomic E-state index is -5.18. The van der Waals surface area contributed by atoms with E-state index in [0.29, 0.717) is 19.4 Å². The summed E-state index contributed by atoms with van der Waals surface area (Å²) >= 11 is 5.85. The third-order valence-corrected chi connectivity index (χ3v) is 5.49. The summed E-state index contributed by atoms with van der Waals surface area (Å²) < 4.78 is 64.5. The highest BCUT2D eigenvalue weighted by Gasteiger charge is 2.55. The molecule has 1 aliphatic rings.